The van der Waals surface area contributed by atoms with E-state index in [2.05, 4.69) is 10.3 Å². The highest BCUT2D eigenvalue weighted by atomic mass is 35.5. The van der Waals surface area contributed by atoms with Crippen molar-refractivity contribution < 1.29 is 24.0 Å². The summed E-state index contributed by atoms with van der Waals surface area (Å²) in [6.07, 6.45) is 2.12. The van der Waals surface area contributed by atoms with Gasteiger partial charge in [0.25, 0.3) is 0 Å². The van der Waals surface area contributed by atoms with E-state index < -0.39 is 12.1 Å². The Hall–Kier alpha value is -3.52. The molecule has 7 nitrogen and oxygen atoms in total. The predicted octanol–water partition coefficient (Wildman–Crippen LogP) is 8.32. The molecule has 1 fully saturated rings. The molecule has 39 heavy (non-hydrogen) atoms. The molecule has 10 heteroatoms. The van der Waals surface area contributed by atoms with Crippen LogP contribution in [0, 0.1) is 0 Å². The van der Waals surface area contributed by atoms with Crippen LogP contribution in [0.15, 0.2) is 70.3 Å². The number of hydrogen-bond acceptors (Lipinski definition) is 6. The highest BCUT2D eigenvalue weighted by Crippen LogP contribution is 2.46. The molecule has 0 bridgehead atoms. The molecule has 0 radical (unpaired) electrons. The highest BCUT2D eigenvalue weighted by Gasteiger charge is 2.34. The number of carboxylic acid groups (broad SMARTS) is 1. The molecule has 0 saturated heterocycles. The number of aromatic carboxylic acids is 1. The van der Waals surface area contributed by atoms with E-state index in [4.69, 9.17) is 48.9 Å². The summed E-state index contributed by atoms with van der Waals surface area (Å²) < 4.78 is 11.9. The first kappa shape index (κ1) is 25.7. The molecule has 198 valence electrons. The van der Waals surface area contributed by atoms with Crippen LogP contribution in [-0.2, 0) is 11.4 Å². The fourth-order valence-electron chi connectivity index (χ4n) is 4.61. The van der Waals surface area contributed by atoms with Crippen molar-refractivity contribution in [1.29, 1.82) is 0 Å². The summed E-state index contributed by atoms with van der Waals surface area (Å²) in [4.78, 5) is 17.0. The Bertz CT molecular complexity index is 1590. The zero-order valence-corrected chi connectivity index (χ0v) is 22.6. The lowest BCUT2D eigenvalue weighted by molar-refractivity contribution is 0.0696. The number of benzene rings is 3. The maximum absolute atomic E-state index is 11.3. The fourth-order valence-corrected chi connectivity index (χ4v) is 5.48. The summed E-state index contributed by atoms with van der Waals surface area (Å²) in [5, 5.41) is 19.2. The van der Waals surface area contributed by atoms with Crippen molar-refractivity contribution in [1.82, 2.24) is 5.16 Å². The molecule has 3 aromatic carbocycles. The number of halogens is 3. The standard InChI is InChI=1S/C29H21Cl3N2O5/c30-21-5-2-6-22(31)26(21)27-20(28(39-34-27)15-7-8-15)14-37-18-9-10-19(23(32)12-18)25-13-24(33-38-25)16-3-1-4-17(11-16)29(35)36/h1-6,9-12,15,25H,7-8,13-14H2,(H,35,36). The first-order valence-electron chi connectivity index (χ1n) is 12.3. The Morgan fingerprint density at radius 2 is 1.77 bits per heavy atom. The lowest BCUT2D eigenvalue weighted by atomic mass is 9.99. The molecule has 2 aliphatic rings. The SMILES string of the molecule is O=C(O)c1cccc(C2=NOC(c3ccc(OCc4c(-c5c(Cl)cccc5Cl)noc4C4CC4)cc3Cl)C2)c1. The predicted molar refractivity (Wildman–Crippen MR) is 148 cm³/mol. The number of aromatic nitrogens is 1. The molecule has 6 rings (SSSR count). The molecule has 0 amide bonds. The van der Waals surface area contributed by atoms with Crippen LogP contribution in [0.5, 0.6) is 5.75 Å². The Labute approximate surface area is 238 Å². The zero-order chi connectivity index (χ0) is 27.1. The molecule has 0 spiro atoms. The van der Waals surface area contributed by atoms with Crippen molar-refractivity contribution in [3.8, 4) is 17.0 Å². The second kappa shape index (κ2) is 10.6. The van der Waals surface area contributed by atoms with E-state index in [1.165, 1.54) is 6.07 Å². The van der Waals surface area contributed by atoms with Gasteiger partial charge in [-0.3, -0.25) is 0 Å². The van der Waals surface area contributed by atoms with Crippen molar-refractivity contribution in [3.63, 3.8) is 0 Å². The van der Waals surface area contributed by atoms with Crippen molar-refractivity contribution in [2.75, 3.05) is 0 Å². The summed E-state index contributed by atoms with van der Waals surface area (Å²) >= 11 is 19.6. The van der Waals surface area contributed by atoms with E-state index in [0.717, 1.165) is 29.7 Å². The third-order valence-corrected chi connectivity index (χ3v) is 7.74. The summed E-state index contributed by atoms with van der Waals surface area (Å²) in [5.41, 5.74) is 4.31. The van der Waals surface area contributed by atoms with Crippen molar-refractivity contribution in [3.05, 3.63) is 104 Å². The third kappa shape index (κ3) is 5.22. The largest absolute Gasteiger partial charge is 0.489 e. The molecule has 1 N–H and O–H groups in total. The zero-order valence-electron chi connectivity index (χ0n) is 20.4. The van der Waals surface area contributed by atoms with Crippen LogP contribution < -0.4 is 4.74 Å². The molecule has 4 aromatic rings. The second-order valence-corrected chi connectivity index (χ2v) is 10.7. The van der Waals surface area contributed by atoms with Gasteiger partial charge in [-0.25, -0.2) is 4.79 Å². The fraction of sp³-hybridized carbons (Fsp3) is 0.207. The van der Waals surface area contributed by atoms with Gasteiger partial charge in [0.2, 0.25) is 0 Å². The minimum Gasteiger partial charge on any atom is -0.489 e. The van der Waals surface area contributed by atoms with Gasteiger partial charge in [-0.2, -0.15) is 0 Å². The number of hydrogen-bond donors (Lipinski definition) is 1. The van der Waals surface area contributed by atoms with Gasteiger partial charge < -0.3 is 19.2 Å². The maximum atomic E-state index is 11.3. The van der Waals surface area contributed by atoms with Gasteiger partial charge in [0.05, 0.1) is 31.9 Å². The number of ether oxygens (including phenoxy) is 1. The molecule has 1 saturated carbocycles. The van der Waals surface area contributed by atoms with Crippen molar-refractivity contribution in [2.45, 2.75) is 37.9 Å². The minimum absolute atomic E-state index is 0.191. The van der Waals surface area contributed by atoms with Crippen LogP contribution in [0.2, 0.25) is 15.1 Å². The number of rotatable bonds is 8. The molecule has 1 aliphatic carbocycles. The van der Waals surface area contributed by atoms with Crippen LogP contribution in [-0.4, -0.2) is 21.9 Å². The van der Waals surface area contributed by atoms with Crippen LogP contribution >= 0.6 is 34.8 Å². The average molecular weight is 584 g/mol. The summed E-state index contributed by atoms with van der Waals surface area (Å²) in [6, 6.07) is 17.3. The summed E-state index contributed by atoms with van der Waals surface area (Å²) in [6.45, 7) is 0.203. The smallest absolute Gasteiger partial charge is 0.335 e. The molecule has 1 unspecified atom stereocenters. The van der Waals surface area contributed by atoms with E-state index in [1.54, 1.807) is 42.5 Å². The molecule has 2 heterocycles. The van der Waals surface area contributed by atoms with E-state index in [9.17, 15) is 9.90 Å². The summed E-state index contributed by atoms with van der Waals surface area (Å²) in [5.74, 6) is 0.668. The van der Waals surface area contributed by atoms with E-state index in [0.29, 0.717) is 55.7 Å². The summed E-state index contributed by atoms with van der Waals surface area (Å²) in [7, 11) is 0. The lowest BCUT2D eigenvalue weighted by Crippen LogP contribution is -2.05. The van der Waals surface area contributed by atoms with Crippen LogP contribution in [0.1, 0.15) is 64.1 Å². The van der Waals surface area contributed by atoms with Crippen LogP contribution in [0.4, 0.5) is 0 Å². The normalized spacial score (nSPS) is 16.6. The molecular weight excluding hydrogens is 563 g/mol. The first-order valence-corrected chi connectivity index (χ1v) is 13.4. The van der Waals surface area contributed by atoms with Gasteiger partial charge in [-0.1, -0.05) is 69.4 Å². The molecule has 1 aromatic heterocycles. The van der Waals surface area contributed by atoms with E-state index in [1.807, 2.05) is 12.1 Å². The quantitative estimate of drug-likeness (QED) is 0.224. The number of carboxylic acids is 1. The van der Waals surface area contributed by atoms with Crippen LogP contribution in [0.25, 0.3) is 11.3 Å². The topological polar surface area (TPSA) is 94.2 Å². The Balaban J connectivity index is 1.19. The van der Waals surface area contributed by atoms with Crippen LogP contribution in [0.3, 0.4) is 0 Å². The number of nitrogens with zero attached hydrogens (tertiary/aromatic N) is 2. The first-order chi connectivity index (χ1) is 18.9. The Kier molecular flexibility index (Phi) is 6.97. The van der Waals surface area contributed by atoms with Gasteiger partial charge in [0.1, 0.15) is 23.8 Å². The number of carbonyl (C=O) groups is 1. The molecule has 1 aliphatic heterocycles. The van der Waals surface area contributed by atoms with Gasteiger partial charge >= 0.3 is 5.97 Å². The van der Waals surface area contributed by atoms with Gasteiger partial charge in [-0.15, -0.1) is 0 Å². The highest BCUT2D eigenvalue weighted by molar-refractivity contribution is 6.39. The second-order valence-electron chi connectivity index (χ2n) is 9.44. The lowest BCUT2D eigenvalue weighted by Gasteiger charge is -2.13. The Morgan fingerprint density at radius 3 is 2.49 bits per heavy atom. The monoisotopic (exact) mass is 582 g/mol. The van der Waals surface area contributed by atoms with E-state index >= 15 is 0 Å². The average Bonchev–Trinajstić information content (AvgIpc) is 3.50. The minimum atomic E-state index is -0.996. The van der Waals surface area contributed by atoms with Crippen molar-refractivity contribution in [2.24, 2.45) is 5.16 Å². The van der Waals surface area contributed by atoms with Gasteiger partial charge in [0, 0.05) is 29.0 Å². The number of oxime groups is 1. The molecule has 1 atom stereocenters. The maximum Gasteiger partial charge on any atom is 0.335 e. The van der Waals surface area contributed by atoms with Gasteiger partial charge in [0.15, 0.2) is 6.10 Å². The Morgan fingerprint density at radius 1 is 1.00 bits per heavy atom. The third-order valence-electron chi connectivity index (χ3n) is 6.78. The molecular formula is C29H21Cl3N2O5. The van der Waals surface area contributed by atoms with Gasteiger partial charge in [-0.05, 0) is 49.2 Å². The van der Waals surface area contributed by atoms with E-state index in [-0.39, 0.29) is 12.2 Å². The van der Waals surface area contributed by atoms with Crippen molar-refractivity contribution >= 4 is 46.5 Å².